The van der Waals surface area contributed by atoms with Crippen LogP contribution in [-0.2, 0) is 10.0 Å². The van der Waals surface area contributed by atoms with E-state index in [9.17, 15) is 8.42 Å². The van der Waals surface area contributed by atoms with Crippen molar-refractivity contribution in [3.05, 3.63) is 29.3 Å². The molecule has 0 fully saturated rings. The lowest BCUT2D eigenvalue weighted by atomic mass is 10.2. The lowest BCUT2D eigenvalue weighted by Crippen LogP contribution is -2.32. The van der Waals surface area contributed by atoms with Gasteiger partial charge in [-0.3, -0.25) is 0 Å². The van der Waals surface area contributed by atoms with Gasteiger partial charge >= 0.3 is 6.01 Å². The van der Waals surface area contributed by atoms with Crippen LogP contribution in [0.2, 0.25) is 5.02 Å². The SMILES string of the molecule is CN(CCNS(C)(=O)=O)c1nc(-c2ccc(Cl)cc2)no1. The van der Waals surface area contributed by atoms with Crippen molar-refractivity contribution in [2.45, 2.75) is 0 Å². The molecule has 1 N–H and O–H groups in total. The maximum atomic E-state index is 11.0. The number of hydrogen-bond acceptors (Lipinski definition) is 6. The highest BCUT2D eigenvalue weighted by molar-refractivity contribution is 7.88. The molecular formula is C12H15ClN4O3S. The van der Waals surface area contributed by atoms with Gasteiger partial charge in [0.2, 0.25) is 15.8 Å². The normalized spacial score (nSPS) is 11.6. The van der Waals surface area contributed by atoms with Crippen molar-refractivity contribution in [3.8, 4) is 11.4 Å². The zero-order chi connectivity index (χ0) is 15.5. The van der Waals surface area contributed by atoms with Crippen LogP contribution >= 0.6 is 11.6 Å². The van der Waals surface area contributed by atoms with Crippen molar-refractivity contribution in [2.75, 3.05) is 31.3 Å². The van der Waals surface area contributed by atoms with Gasteiger partial charge in [-0.25, -0.2) is 13.1 Å². The number of rotatable bonds is 6. The zero-order valence-electron chi connectivity index (χ0n) is 11.6. The van der Waals surface area contributed by atoms with Crippen molar-refractivity contribution in [1.29, 1.82) is 0 Å². The summed E-state index contributed by atoms with van der Waals surface area (Å²) in [6.07, 6.45) is 1.11. The van der Waals surface area contributed by atoms with Gasteiger partial charge in [0.05, 0.1) is 6.26 Å². The number of sulfonamides is 1. The third-order valence-electron chi connectivity index (χ3n) is 2.66. The molecule has 0 aliphatic rings. The average molecular weight is 331 g/mol. The minimum atomic E-state index is -3.20. The Labute approximate surface area is 128 Å². The summed E-state index contributed by atoms with van der Waals surface area (Å²) in [6.45, 7) is 0.670. The van der Waals surface area contributed by atoms with Gasteiger partial charge in [0, 0.05) is 30.7 Å². The van der Waals surface area contributed by atoms with E-state index in [1.54, 1.807) is 36.2 Å². The standard InChI is InChI=1S/C12H15ClN4O3S/c1-17(8-7-14-21(2,18)19)12-15-11(16-20-12)9-3-5-10(13)6-4-9/h3-6,14H,7-8H2,1-2H3. The first-order valence-corrected chi connectivity index (χ1v) is 8.37. The Bertz CT molecular complexity index is 700. The number of aromatic nitrogens is 2. The molecule has 0 saturated carbocycles. The van der Waals surface area contributed by atoms with Gasteiger partial charge in [-0.2, -0.15) is 4.98 Å². The number of halogens is 1. The highest BCUT2D eigenvalue weighted by Crippen LogP contribution is 2.20. The Kier molecular flexibility index (Phi) is 4.81. The molecule has 1 aromatic carbocycles. The monoisotopic (exact) mass is 330 g/mol. The van der Waals surface area contributed by atoms with Crippen molar-refractivity contribution in [3.63, 3.8) is 0 Å². The van der Waals surface area contributed by atoms with Crippen molar-refractivity contribution in [1.82, 2.24) is 14.9 Å². The Balaban J connectivity index is 2.00. The van der Waals surface area contributed by atoms with Crippen LogP contribution in [0.15, 0.2) is 28.8 Å². The van der Waals surface area contributed by atoms with E-state index in [2.05, 4.69) is 14.9 Å². The van der Waals surface area contributed by atoms with Crippen LogP contribution in [0.25, 0.3) is 11.4 Å². The van der Waals surface area contributed by atoms with Crippen molar-refractivity contribution >= 4 is 27.6 Å². The van der Waals surface area contributed by atoms with Crippen LogP contribution in [0.4, 0.5) is 6.01 Å². The molecular weight excluding hydrogens is 316 g/mol. The molecule has 7 nitrogen and oxygen atoms in total. The number of hydrogen-bond donors (Lipinski definition) is 1. The fourth-order valence-corrected chi connectivity index (χ4v) is 2.17. The fraction of sp³-hybridized carbons (Fsp3) is 0.333. The minimum Gasteiger partial charge on any atom is -0.326 e. The highest BCUT2D eigenvalue weighted by atomic mass is 35.5. The summed E-state index contributed by atoms with van der Waals surface area (Å²) in [7, 11) is -1.46. The molecule has 9 heteroatoms. The molecule has 0 spiro atoms. The molecule has 0 aliphatic heterocycles. The van der Waals surface area contributed by atoms with E-state index in [-0.39, 0.29) is 6.54 Å². The van der Waals surface area contributed by atoms with E-state index in [1.165, 1.54) is 0 Å². The molecule has 1 aromatic heterocycles. The second kappa shape index (κ2) is 6.42. The number of nitrogens with one attached hydrogen (secondary N) is 1. The highest BCUT2D eigenvalue weighted by Gasteiger charge is 2.12. The molecule has 1 heterocycles. The molecule has 0 aliphatic carbocycles. The topological polar surface area (TPSA) is 88.3 Å². The molecule has 0 bridgehead atoms. The summed E-state index contributed by atoms with van der Waals surface area (Å²) >= 11 is 5.82. The maximum absolute atomic E-state index is 11.0. The van der Waals surface area contributed by atoms with Crippen LogP contribution in [0.1, 0.15) is 0 Å². The van der Waals surface area contributed by atoms with E-state index < -0.39 is 10.0 Å². The molecule has 0 unspecified atom stereocenters. The number of nitrogens with zero attached hydrogens (tertiary/aromatic N) is 3. The quantitative estimate of drug-likeness (QED) is 0.860. The van der Waals surface area contributed by atoms with E-state index in [4.69, 9.17) is 16.1 Å². The smallest absolute Gasteiger partial charge is 0.324 e. The molecule has 0 radical (unpaired) electrons. The molecule has 2 rings (SSSR count). The number of benzene rings is 1. The summed E-state index contributed by atoms with van der Waals surface area (Å²) < 4.78 is 29.5. The van der Waals surface area contributed by atoms with Gasteiger partial charge in [0.25, 0.3) is 0 Å². The minimum absolute atomic E-state index is 0.258. The first-order chi connectivity index (χ1) is 9.85. The fourth-order valence-electron chi connectivity index (χ4n) is 1.58. The summed E-state index contributed by atoms with van der Waals surface area (Å²) in [4.78, 5) is 5.92. The first-order valence-electron chi connectivity index (χ1n) is 6.10. The first kappa shape index (κ1) is 15.7. The van der Waals surface area contributed by atoms with Gasteiger partial charge in [0.15, 0.2) is 0 Å². The predicted octanol–water partition coefficient (Wildman–Crippen LogP) is 1.38. The van der Waals surface area contributed by atoms with Gasteiger partial charge in [-0.05, 0) is 24.3 Å². The van der Waals surface area contributed by atoms with Crippen molar-refractivity contribution in [2.24, 2.45) is 0 Å². The summed E-state index contributed by atoms with van der Waals surface area (Å²) in [5, 5.41) is 4.52. The Morgan fingerprint density at radius 1 is 1.33 bits per heavy atom. The third kappa shape index (κ3) is 4.69. The van der Waals surface area contributed by atoms with Gasteiger partial charge in [-0.15, -0.1) is 0 Å². The summed E-state index contributed by atoms with van der Waals surface area (Å²) in [5.74, 6) is 0.449. The molecule has 21 heavy (non-hydrogen) atoms. The molecule has 0 atom stereocenters. The molecule has 0 amide bonds. The average Bonchev–Trinajstić information content (AvgIpc) is 2.87. The second-order valence-corrected chi connectivity index (χ2v) is 6.76. The van der Waals surface area contributed by atoms with Gasteiger partial charge in [0.1, 0.15) is 0 Å². The van der Waals surface area contributed by atoms with Crippen LogP contribution in [0, 0.1) is 0 Å². The zero-order valence-corrected chi connectivity index (χ0v) is 13.1. The van der Waals surface area contributed by atoms with E-state index in [1.807, 2.05) is 0 Å². The van der Waals surface area contributed by atoms with Gasteiger partial charge in [-0.1, -0.05) is 16.8 Å². The van der Waals surface area contributed by atoms with E-state index >= 15 is 0 Å². The lowest BCUT2D eigenvalue weighted by molar-refractivity contribution is 0.419. The van der Waals surface area contributed by atoms with Crippen molar-refractivity contribution < 1.29 is 12.9 Å². The van der Waals surface area contributed by atoms with E-state index in [0.717, 1.165) is 11.8 Å². The van der Waals surface area contributed by atoms with Crippen LogP contribution in [0.5, 0.6) is 0 Å². The third-order valence-corrected chi connectivity index (χ3v) is 3.64. The van der Waals surface area contributed by atoms with Crippen LogP contribution < -0.4 is 9.62 Å². The Morgan fingerprint density at radius 3 is 2.62 bits per heavy atom. The van der Waals surface area contributed by atoms with Crippen LogP contribution in [-0.4, -0.2) is 45.0 Å². The van der Waals surface area contributed by atoms with E-state index in [0.29, 0.717) is 23.4 Å². The van der Waals surface area contributed by atoms with Crippen LogP contribution in [0.3, 0.4) is 0 Å². The number of anilines is 1. The molecule has 114 valence electrons. The van der Waals surface area contributed by atoms with Gasteiger partial charge < -0.3 is 9.42 Å². The second-order valence-electron chi connectivity index (χ2n) is 4.50. The lowest BCUT2D eigenvalue weighted by Gasteiger charge is -2.12. The maximum Gasteiger partial charge on any atom is 0.324 e. The molecule has 0 saturated heterocycles. The summed E-state index contributed by atoms with van der Waals surface area (Å²) in [6, 6.07) is 7.39. The molecule has 2 aromatic rings. The summed E-state index contributed by atoms with van der Waals surface area (Å²) in [5.41, 5.74) is 0.789. The largest absolute Gasteiger partial charge is 0.326 e. The Morgan fingerprint density at radius 2 is 2.00 bits per heavy atom. The Hall–Kier alpha value is -1.64. The predicted molar refractivity (Wildman–Crippen MR) is 80.9 cm³/mol. The number of likely N-dealkylation sites (N-methyl/N-ethyl adjacent to an activating group) is 1.